The van der Waals surface area contributed by atoms with Crippen molar-refractivity contribution in [2.24, 2.45) is 11.3 Å². The predicted octanol–water partition coefficient (Wildman–Crippen LogP) is 2.25. The Balaban J connectivity index is 2.13. The van der Waals surface area contributed by atoms with Gasteiger partial charge in [-0.15, -0.1) is 0 Å². The highest BCUT2D eigenvalue weighted by atomic mass is 15.2. The van der Waals surface area contributed by atoms with Gasteiger partial charge in [-0.3, -0.25) is 11.3 Å². The number of imidazole rings is 1. The molecule has 18 heavy (non-hydrogen) atoms. The van der Waals surface area contributed by atoms with Crippen molar-refractivity contribution in [1.82, 2.24) is 15.0 Å². The van der Waals surface area contributed by atoms with E-state index in [4.69, 9.17) is 5.84 Å². The molecule has 1 aliphatic carbocycles. The van der Waals surface area contributed by atoms with Crippen molar-refractivity contribution in [2.45, 2.75) is 65.0 Å². The molecule has 0 saturated heterocycles. The first-order chi connectivity index (χ1) is 8.75. The monoisotopic (exact) mass is 250 g/mol. The minimum Gasteiger partial charge on any atom is -0.335 e. The number of aryl methyl sites for hydroxylation is 1. The Morgan fingerprint density at radius 1 is 1.44 bits per heavy atom. The number of hydrogen-bond acceptors (Lipinski definition) is 3. The van der Waals surface area contributed by atoms with Gasteiger partial charge >= 0.3 is 0 Å². The average molecular weight is 250 g/mol. The van der Waals surface area contributed by atoms with Crippen LogP contribution in [0.25, 0.3) is 0 Å². The fourth-order valence-electron chi connectivity index (χ4n) is 3.48. The van der Waals surface area contributed by atoms with E-state index in [0.29, 0.717) is 11.5 Å². The van der Waals surface area contributed by atoms with Crippen LogP contribution in [0.3, 0.4) is 0 Å². The Bertz CT molecular complexity index is 366. The first kappa shape index (κ1) is 13.6. The van der Waals surface area contributed by atoms with E-state index < -0.39 is 0 Å². The molecular formula is C14H26N4. The summed E-state index contributed by atoms with van der Waals surface area (Å²) in [6, 6.07) is 0.345. The molecule has 2 rings (SSSR count). The number of aromatic nitrogens is 2. The lowest BCUT2D eigenvalue weighted by molar-refractivity contribution is 0.182. The standard InChI is InChI=1S/C14H26N4/c1-3-14(7-5-6-8-14)12(17-15)11-13-16-9-10-18(13)4-2/h9-10,12,17H,3-8,11,15H2,1-2H3. The third-order valence-electron chi connectivity index (χ3n) is 4.77. The zero-order chi connectivity index (χ0) is 13.0. The van der Waals surface area contributed by atoms with Crippen LogP contribution in [0.2, 0.25) is 0 Å². The molecule has 0 amide bonds. The number of nitrogens with one attached hydrogen (secondary N) is 1. The van der Waals surface area contributed by atoms with Crippen LogP contribution in [0.4, 0.5) is 0 Å². The van der Waals surface area contributed by atoms with Gasteiger partial charge in [-0.05, 0) is 31.6 Å². The molecule has 1 unspecified atom stereocenters. The van der Waals surface area contributed by atoms with Crippen molar-refractivity contribution < 1.29 is 0 Å². The Kier molecular flexibility index (Phi) is 4.40. The molecule has 102 valence electrons. The molecule has 0 spiro atoms. The molecule has 0 radical (unpaired) electrons. The average Bonchev–Trinajstić information content (AvgIpc) is 3.05. The van der Waals surface area contributed by atoms with E-state index in [2.05, 4.69) is 35.0 Å². The van der Waals surface area contributed by atoms with Crippen LogP contribution in [0, 0.1) is 5.41 Å². The second-order valence-electron chi connectivity index (χ2n) is 5.48. The summed E-state index contributed by atoms with van der Waals surface area (Å²) in [4.78, 5) is 4.48. The Morgan fingerprint density at radius 3 is 2.72 bits per heavy atom. The van der Waals surface area contributed by atoms with Gasteiger partial charge in [-0.1, -0.05) is 19.8 Å². The summed E-state index contributed by atoms with van der Waals surface area (Å²) < 4.78 is 2.21. The fourth-order valence-corrected chi connectivity index (χ4v) is 3.48. The van der Waals surface area contributed by atoms with Crippen LogP contribution >= 0.6 is 0 Å². The minimum atomic E-state index is 0.345. The number of nitrogens with zero attached hydrogens (tertiary/aromatic N) is 2. The van der Waals surface area contributed by atoms with Gasteiger partial charge in [-0.2, -0.15) is 0 Å². The van der Waals surface area contributed by atoms with Crippen molar-refractivity contribution in [3.8, 4) is 0 Å². The summed E-state index contributed by atoms with van der Waals surface area (Å²) in [5.41, 5.74) is 3.45. The van der Waals surface area contributed by atoms with Gasteiger partial charge in [0.15, 0.2) is 0 Å². The third-order valence-corrected chi connectivity index (χ3v) is 4.77. The minimum absolute atomic E-state index is 0.345. The normalized spacial score (nSPS) is 20.2. The number of nitrogens with two attached hydrogens (primary N) is 1. The maximum Gasteiger partial charge on any atom is 0.110 e. The molecule has 1 fully saturated rings. The summed E-state index contributed by atoms with van der Waals surface area (Å²) in [5, 5.41) is 0. The van der Waals surface area contributed by atoms with Crippen molar-refractivity contribution in [1.29, 1.82) is 0 Å². The van der Waals surface area contributed by atoms with E-state index in [0.717, 1.165) is 18.8 Å². The predicted molar refractivity (Wildman–Crippen MR) is 73.9 cm³/mol. The molecule has 0 aromatic carbocycles. The van der Waals surface area contributed by atoms with Gasteiger partial charge < -0.3 is 4.57 Å². The zero-order valence-corrected chi connectivity index (χ0v) is 11.7. The van der Waals surface area contributed by atoms with Gasteiger partial charge in [0, 0.05) is 31.4 Å². The summed E-state index contributed by atoms with van der Waals surface area (Å²) in [7, 11) is 0. The van der Waals surface area contributed by atoms with E-state index in [-0.39, 0.29) is 0 Å². The van der Waals surface area contributed by atoms with Crippen LogP contribution in [0.5, 0.6) is 0 Å². The summed E-state index contributed by atoms with van der Waals surface area (Å²) in [5.74, 6) is 6.99. The highest BCUT2D eigenvalue weighted by molar-refractivity contribution is 5.01. The van der Waals surface area contributed by atoms with E-state index in [1.807, 2.05) is 6.20 Å². The van der Waals surface area contributed by atoms with Crippen LogP contribution in [-0.4, -0.2) is 15.6 Å². The molecule has 1 aromatic rings. The Labute approximate surface area is 110 Å². The summed E-state index contributed by atoms with van der Waals surface area (Å²) >= 11 is 0. The molecule has 1 saturated carbocycles. The lowest BCUT2D eigenvalue weighted by atomic mass is 9.75. The summed E-state index contributed by atoms with van der Waals surface area (Å²) in [6.07, 6.45) is 11.4. The van der Waals surface area contributed by atoms with Crippen LogP contribution in [0.1, 0.15) is 51.8 Å². The largest absolute Gasteiger partial charge is 0.335 e. The second-order valence-corrected chi connectivity index (χ2v) is 5.48. The Morgan fingerprint density at radius 2 is 2.17 bits per heavy atom. The number of rotatable bonds is 6. The second kappa shape index (κ2) is 5.85. The lowest BCUT2D eigenvalue weighted by Gasteiger charge is -2.36. The molecule has 3 N–H and O–H groups in total. The molecule has 0 aliphatic heterocycles. The van der Waals surface area contributed by atoms with Crippen molar-refractivity contribution >= 4 is 0 Å². The molecule has 1 aliphatic rings. The Hall–Kier alpha value is -0.870. The van der Waals surface area contributed by atoms with Crippen molar-refractivity contribution in [3.05, 3.63) is 18.2 Å². The SMILES string of the molecule is CCn1ccnc1CC(NN)C1(CC)CCCC1. The topological polar surface area (TPSA) is 55.9 Å². The van der Waals surface area contributed by atoms with E-state index >= 15 is 0 Å². The third kappa shape index (κ3) is 2.45. The van der Waals surface area contributed by atoms with Gasteiger partial charge in [0.1, 0.15) is 5.82 Å². The van der Waals surface area contributed by atoms with Gasteiger partial charge in [-0.25, -0.2) is 4.98 Å². The van der Waals surface area contributed by atoms with Crippen LogP contribution in [-0.2, 0) is 13.0 Å². The molecule has 1 heterocycles. The maximum atomic E-state index is 5.83. The summed E-state index contributed by atoms with van der Waals surface area (Å²) in [6.45, 7) is 5.43. The maximum absolute atomic E-state index is 5.83. The van der Waals surface area contributed by atoms with E-state index in [1.165, 1.54) is 32.1 Å². The number of hydrazine groups is 1. The fraction of sp³-hybridized carbons (Fsp3) is 0.786. The molecule has 1 atom stereocenters. The molecule has 4 heteroatoms. The molecule has 4 nitrogen and oxygen atoms in total. The van der Waals surface area contributed by atoms with Crippen molar-refractivity contribution in [3.63, 3.8) is 0 Å². The molecule has 1 aromatic heterocycles. The smallest absolute Gasteiger partial charge is 0.110 e. The van der Waals surface area contributed by atoms with Gasteiger partial charge in [0.05, 0.1) is 0 Å². The molecular weight excluding hydrogens is 224 g/mol. The van der Waals surface area contributed by atoms with Crippen molar-refractivity contribution in [2.75, 3.05) is 0 Å². The van der Waals surface area contributed by atoms with Crippen LogP contribution < -0.4 is 11.3 Å². The highest BCUT2D eigenvalue weighted by Gasteiger charge is 2.39. The number of hydrogen-bond donors (Lipinski definition) is 2. The quantitative estimate of drug-likeness (QED) is 0.601. The zero-order valence-electron chi connectivity index (χ0n) is 11.7. The molecule has 0 bridgehead atoms. The van der Waals surface area contributed by atoms with Gasteiger partial charge in [0.2, 0.25) is 0 Å². The van der Waals surface area contributed by atoms with Crippen LogP contribution in [0.15, 0.2) is 12.4 Å². The lowest BCUT2D eigenvalue weighted by Crippen LogP contribution is -2.49. The van der Waals surface area contributed by atoms with E-state index in [1.54, 1.807) is 0 Å². The first-order valence-electron chi connectivity index (χ1n) is 7.22. The van der Waals surface area contributed by atoms with Gasteiger partial charge in [0.25, 0.3) is 0 Å². The first-order valence-corrected chi connectivity index (χ1v) is 7.22. The van der Waals surface area contributed by atoms with E-state index in [9.17, 15) is 0 Å². The highest BCUT2D eigenvalue weighted by Crippen LogP contribution is 2.44.